The summed E-state index contributed by atoms with van der Waals surface area (Å²) < 4.78 is 5.80. The molecule has 0 unspecified atom stereocenters. The summed E-state index contributed by atoms with van der Waals surface area (Å²) in [5.41, 5.74) is 2.57. The lowest BCUT2D eigenvalue weighted by Gasteiger charge is -2.09. The number of amides is 1. The van der Waals surface area contributed by atoms with E-state index >= 15 is 0 Å². The molecule has 23 heavy (non-hydrogen) atoms. The second-order valence-corrected chi connectivity index (χ2v) is 5.49. The van der Waals surface area contributed by atoms with Crippen LogP contribution in [-0.4, -0.2) is 23.6 Å². The summed E-state index contributed by atoms with van der Waals surface area (Å²) in [6.07, 6.45) is 7.06. The molecule has 0 aliphatic rings. The van der Waals surface area contributed by atoms with Gasteiger partial charge in [0.05, 0.1) is 12.3 Å². The highest BCUT2D eigenvalue weighted by molar-refractivity contribution is 5.79. The number of nitrogens with one attached hydrogen (secondary N) is 1. The van der Waals surface area contributed by atoms with Gasteiger partial charge in [0.15, 0.2) is 5.90 Å². The van der Waals surface area contributed by atoms with Crippen molar-refractivity contribution in [1.29, 1.82) is 0 Å². The second-order valence-electron chi connectivity index (χ2n) is 5.49. The number of hydroxylamine groups is 1. The molecule has 0 fully saturated rings. The summed E-state index contributed by atoms with van der Waals surface area (Å²) in [4.78, 5) is 15.5. The zero-order chi connectivity index (χ0) is 16.8. The maximum Gasteiger partial charge on any atom is 0.243 e. The van der Waals surface area contributed by atoms with E-state index in [1.165, 1.54) is 0 Å². The predicted molar refractivity (Wildman–Crippen MR) is 92.0 cm³/mol. The molecule has 0 spiro atoms. The molecule has 1 rings (SSSR count). The molecule has 1 amide bonds. The SMILES string of the molecule is CCCCO/C(CCCCCCC(=O)NO)=N\c1ccccc1. The highest BCUT2D eigenvalue weighted by Crippen LogP contribution is 2.14. The van der Waals surface area contributed by atoms with Crippen LogP contribution >= 0.6 is 0 Å². The Labute approximate surface area is 138 Å². The lowest BCUT2D eigenvalue weighted by atomic mass is 10.1. The molecule has 5 heteroatoms. The van der Waals surface area contributed by atoms with Crippen molar-refractivity contribution in [2.24, 2.45) is 4.99 Å². The molecule has 1 aromatic rings. The third kappa shape index (κ3) is 9.68. The topological polar surface area (TPSA) is 70.9 Å². The van der Waals surface area contributed by atoms with E-state index in [2.05, 4.69) is 11.9 Å². The number of rotatable bonds is 11. The Hall–Kier alpha value is -1.88. The molecule has 0 heterocycles. The number of ether oxygens (including phenoxy) is 1. The van der Waals surface area contributed by atoms with Gasteiger partial charge in [-0.1, -0.05) is 44.4 Å². The van der Waals surface area contributed by atoms with Crippen molar-refractivity contribution in [3.05, 3.63) is 30.3 Å². The molecule has 128 valence electrons. The van der Waals surface area contributed by atoms with E-state index in [4.69, 9.17) is 9.94 Å². The maximum atomic E-state index is 10.9. The lowest BCUT2D eigenvalue weighted by Crippen LogP contribution is -2.17. The first-order valence-electron chi connectivity index (χ1n) is 8.44. The van der Waals surface area contributed by atoms with Gasteiger partial charge in [-0.25, -0.2) is 10.5 Å². The van der Waals surface area contributed by atoms with E-state index in [-0.39, 0.29) is 5.91 Å². The standard InChI is InChI=1S/C18H28N2O3/c1-2-3-15-23-18(19-16-11-7-6-8-12-16)14-10-5-4-9-13-17(21)20-22/h6-8,11-12,22H,2-5,9-10,13-15H2,1H3,(H,20,21)/b19-18-. The molecule has 0 saturated carbocycles. The molecular weight excluding hydrogens is 292 g/mol. The number of carbonyl (C=O) groups is 1. The van der Waals surface area contributed by atoms with Crippen LogP contribution in [0.15, 0.2) is 35.3 Å². The number of hydrogen-bond donors (Lipinski definition) is 2. The van der Waals surface area contributed by atoms with Gasteiger partial charge in [0, 0.05) is 12.8 Å². The molecule has 5 nitrogen and oxygen atoms in total. The zero-order valence-corrected chi connectivity index (χ0v) is 14.0. The highest BCUT2D eigenvalue weighted by Gasteiger charge is 2.03. The number of hydrogen-bond acceptors (Lipinski definition) is 4. The van der Waals surface area contributed by atoms with Gasteiger partial charge in [-0.2, -0.15) is 0 Å². The smallest absolute Gasteiger partial charge is 0.243 e. The molecule has 0 atom stereocenters. The minimum Gasteiger partial charge on any atom is -0.481 e. The number of carbonyl (C=O) groups excluding carboxylic acids is 1. The van der Waals surface area contributed by atoms with E-state index in [0.717, 1.165) is 56.5 Å². The Bertz CT molecular complexity index is 461. The molecule has 0 aromatic heterocycles. The van der Waals surface area contributed by atoms with Crippen molar-refractivity contribution in [2.75, 3.05) is 6.61 Å². The average Bonchev–Trinajstić information content (AvgIpc) is 2.58. The monoisotopic (exact) mass is 320 g/mol. The van der Waals surface area contributed by atoms with Crippen molar-refractivity contribution in [1.82, 2.24) is 5.48 Å². The number of aliphatic imine (C=N–C) groups is 1. The summed E-state index contributed by atoms with van der Waals surface area (Å²) >= 11 is 0. The van der Waals surface area contributed by atoms with Gasteiger partial charge in [0.25, 0.3) is 0 Å². The van der Waals surface area contributed by atoms with Crippen molar-refractivity contribution in [3.8, 4) is 0 Å². The second kappa shape index (κ2) is 12.6. The third-order valence-corrected chi connectivity index (χ3v) is 3.45. The first kappa shape index (κ1) is 19.2. The van der Waals surface area contributed by atoms with E-state index < -0.39 is 0 Å². The largest absolute Gasteiger partial charge is 0.481 e. The predicted octanol–water partition coefficient (Wildman–Crippen LogP) is 4.38. The number of unbranched alkanes of at least 4 members (excludes halogenated alkanes) is 4. The van der Waals surface area contributed by atoms with Crippen molar-refractivity contribution in [2.45, 2.75) is 58.3 Å². The highest BCUT2D eigenvalue weighted by atomic mass is 16.5. The summed E-state index contributed by atoms with van der Waals surface area (Å²) in [7, 11) is 0. The molecule has 0 radical (unpaired) electrons. The minimum absolute atomic E-state index is 0.320. The third-order valence-electron chi connectivity index (χ3n) is 3.45. The van der Waals surface area contributed by atoms with Crippen LogP contribution < -0.4 is 5.48 Å². The molecular formula is C18H28N2O3. The van der Waals surface area contributed by atoms with Crippen LogP contribution in [0.3, 0.4) is 0 Å². The first-order valence-corrected chi connectivity index (χ1v) is 8.44. The van der Waals surface area contributed by atoms with Gasteiger partial charge in [-0.05, 0) is 31.4 Å². The Kier molecular flexibility index (Phi) is 10.5. The Balaban J connectivity index is 2.35. The van der Waals surface area contributed by atoms with Gasteiger partial charge in [-0.3, -0.25) is 10.0 Å². The normalized spacial score (nSPS) is 11.3. The first-order chi connectivity index (χ1) is 11.3. The van der Waals surface area contributed by atoms with Crippen LogP contribution in [0, 0.1) is 0 Å². The molecule has 0 aliphatic carbocycles. The fraction of sp³-hybridized carbons (Fsp3) is 0.556. The lowest BCUT2D eigenvalue weighted by molar-refractivity contribution is -0.129. The zero-order valence-electron chi connectivity index (χ0n) is 14.0. The maximum absolute atomic E-state index is 10.9. The molecule has 0 bridgehead atoms. The quantitative estimate of drug-likeness (QED) is 0.209. The Morgan fingerprint density at radius 2 is 1.78 bits per heavy atom. The van der Waals surface area contributed by atoms with Crippen LogP contribution in [0.2, 0.25) is 0 Å². The van der Waals surface area contributed by atoms with E-state index in [9.17, 15) is 4.79 Å². The van der Waals surface area contributed by atoms with Crippen molar-refractivity contribution < 1.29 is 14.7 Å². The number of benzene rings is 1. The van der Waals surface area contributed by atoms with Crippen molar-refractivity contribution >= 4 is 17.5 Å². The molecule has 1 aromatic carbocycles. The van der Waals surface area contributed by atoms with Gasteiger partial charge in [0.1, 0.15) is 0 Å². The average molecular weight is 320 g/mol. The number of para-hydroxylation sites is 1. The summed E-state index contributed by atoms with van der Waals surface area (Å²) in [6, 6.07) is 9.84. The summed E-state index contributed by atoms with van der Waals surface area (Å²) in [5, 5.41) is 8.42. The van der Waals surface area contributed by atoms with Crippen LogP contribution in [0.1, 0.15) is 58.3 Å². The van der Waals surface area contributed by atoms with Gasteiger partial charge >= 0.3 is 0 Å². The van der Waals surface area contributed by atoms with Gasteiger partial charge in [0.2, 0.25) is 5.91 Å². The van der Waals surface area contributed by atoms with E-state index in [1.54, 1.807) is 5.48 Å². The van der Waals surface area contributed by atoms with E-state index in [0.29, 0.717) is 13.0 Å². The van der Waals surface area contributed by atoms with E-state index in [1.807, 2.05) is 30.3 Å². The minimum atomic E-state index is -0.320. The fourth-order valence-electron chi connectivity index (χ4n) is 2.11. The number of nitrogens with zero attached hydrogens (tertiary/aromatic N) is 1. The summed E-state index contributed by atoms with van der Waals surface area (Å²) in [5.74, 6) is 0.469. The molecule has 0 aliphatic heterocycles. The van der Waals surface area contributed by atoms with Gasteiger partial charge < -0.3 is 4.74 Å². The molecule has 0 saturated heterocycles. The van der Waals surface area contributed by atoms with Crippen LogP contribution in [0.5, 0.6) is 0 Å². The van der Waals surface area contributed by atoms with Crippen molar-refractivity contribution in [3.63, 3.8) is 0 Å². The van der Waals surface area contributed by atoms with Crippen LogP contribution in [0.4, 0.5) is 5.69 Å². The fourth-order valence-corrected chi connectivity index (χ4v) is 2.11. The Morgan fingerprint density at radius 3 is 2.43 bits per heavy atom. The molecule has 2 N–H and O–H groups in total. The van der Waals surface area contributed by atoms with Crippen LogP contribution in [0.25, 0.3) is 0 Å². The van der Waals surface area contributed by atoms with Gasteiger partial charge in [-0.15, -0.1) is 0 Å². The van der Waals surface area contributed by atoms with Crippen LogP contribution in [-0.2, 0) is 9.53 Å². The Morgan fingerprint density at radius 1 is 1.09 bits per heavy atom. The summed E-state index contributed by atoms with van der Waals surface area (Å²) in [6.45, 7) is 2.85.